The molecule has 2 rings (SSSR count). The van der Waals surface area contributed by atoms with Gasteiger partial charge in [-0.05, 0) is 37.8 Å². The molecule has 1 unspecified atom stereocenters. The number of carbonyl (C=O) groups is 1. The summed E-state index contributed by atoms with van der Waals surface area (Å²) in [6.07, 6.45) is 4.18. The Morgan fingerprint density at radius 3 is 2.22 bits per heavy atom. The number of carbonyl (C=O) groups excluding carboxylic acids is 1. The van der Waals surface area contributed by atoms with E-state index in [0.717, 1.165) is 31.2 Å². The zero-order chi connectivity index (χ0) is 17.0. The fourth-order valence-electron chi connectivity index (χ4n) is 2.81. The molecule has 0 bridgehead atoms. The van der Waals surface area contributed by atoms with Crippen molar-refractivity contribution < 1.29 is 13.2 Å². The van der Waals surface area contributed by atoms with Crippen molar-refractivity contribution in [3.05, 3.63) is 29.8 Å². The third kappa shape index (κ3) is 4.78. The first-order valence-electron chi connectivity index (χ1n) is 8.19. The topological polar surface area (TPSA) is 75.3 Å². The van der Waals surface area contributed by atoms with Crippen molar-refractivity contribution in [3.8, 4) is 0 Å². The van der Waals surface area contributed by atoms with Crippen LogP contribution in [0.15, 0.2) is 29.2 Å². The van der Waals surface area contributed by atoms with E-state index in [2.05, 4.69) is 10.0 Å². The lowest BCUT2D eigenvalue weighted by Crippen LogP contribution is -2.51. The zero-order valence-electron chi connectivity index (χ0n) is 14.0. The molecule has 128 valence electrons. The highest BCUT2D eigenvalue weighted by atomic mass is 32.2. The lowest BCUT2D eigenvalue weighted by Gasteiger charge is -2.23. The number of hydrogen-bond acceptors (Lipinski definition) is 3. The Morgan fingerprint density at radius 2 is 1.70 bits per heavy atom. The van der Waals surface area contributed by atoms with Gasteiger partial charge < -0.3 is 5.32 Å². The van der Waals surface area contributed by atoms with Crippen LogP contribution in [-0.4, -0.2) is 26.4 Å². The quantitative estimate of drug-likeness (QED) is 0.836. The number of aryl methyl sites for hydroxylation is 1. The minimum Gasteiger partial charge on any atom is -0.352 e. The highest BCUT2D eigenvalue weighted by Crippen LogP contribution is 2.19. The first kappa shape index (κ1) is 17.9. The van der Waals surface area contributed by atoms with Crippen LogP contribution in [0.5, 0.6) is 0 Å². The van der Waals surface area contributed by atoms with Crippen LogP contribution in [0.1, 0.15) is 45.1 Å². The number of hydrogen-bond donors (Lipinski definition) is 2. The third-order valence-electron chi connectivity index (χ3n) is 4.26. The molecule has 0 spiro atoms. The molecule has 5 nitrogen and oxygen atoms in total. The lowest BCUT2D eigenvalue weighted by atomic mass is 10.0. The molecule has 6 heteroatoms. The van der Waals surface area contributed by atoms with Gasteiger partial charge in [0, 0.05) is 6.04 Å². The SMILES string of the molecule is Cc1ccc(S(=O)(=O)NC(C(=O)NC2CCCC2)C(C)C)cc1. The van der Waals surface area contributed by atoms with Crippen LogP contribution >= 0.6 is 0 Å². The average molecular weight is 338 g/mol. The molecule has 2 N–H and O–H groups in total. The fourth-order valence-corrected chi connectivity index (χ4v) is 4.15. The van der Waals surface area contributed by atoms with E-state index in [9.17, 15) is 13.2 Å². The maximum Gasteiger partial charge on any atom is 0.241 e. The van der Waals surface area contributed by atoms with Gasteiger partial charge in [-0.1, -0.05) is 44.4 Å². The molecule has 0 heterocycles. The Labute approximate surface area is 138 Å². The van der Waals surface area contributed by atoms with Gasteiger partial charge in [-0.15, -0.1) is 0 Å². The van der Waals surface area contributed by atoms with Crippen LogP contribution in [0, 0.1) is 12.8 Å². The summed E-state index contributed by atoms with van der Waals surface area (Å²) in [7, 11) is -3.71. The molecule has 1 aliphatic rings. The highest BCUT2D eigenvalue weighted by Gasteiger charge is 2.30. The predicted molar refractivity (Wildman–Crippen MR) is 90.5 cm³/mol. The Bertz CT molecular complexity index is 632. The number of nitrogens with one attached hydrogen (secondary N) is 2. The molecule has 1 atom stereocenters. The van der Waals surface area contributed by atoms with Crippen molar-refractivity contribution in [3.63, 3.8) is 0 Å². The van der Waals surface area contributed by atoms with Crippen LogP contribution in [0.25, 0.3) is 0 Å². The number of amides is 1. The number of sulfonamides is 1. The Hall–Kier alpha value is -1.40. The minimum atomic E-state index is -3.71. The molecule has 1 amide bonds. The molecule has 23 heavy (non-hydrogen) atoms. The molecule has 0 aromatic heterocycles. The molecule has 1 aromatic carbocycles. The van der Waals surface area contributed by atoms with Crippen LogP contribution in [0.4, 0.5) is 0 Å². The van der Waals surface area contributed by atoms with E-state index in [4.69, 9.17) is 0 Å². The number of rotatable bonds is 6. The largest absolute Gasteiger partial charge is 0.352 e. The van der Waals surface area contributed by atoms with Crippen molar-refractivity contribution in [2.24, 2.45) is 5.92 Å². The van der Waals surface area contributed by atoms with Crippen LogP contribution < -0.4 is 10.0 Å². The smallest absolute Gasteiger partial charge is 0.241 e. The fraction of sp³-hybridized carbons (Fsp3) is 0.588. The maximum atomic E-state index is 12.5. The molecule has 1 saturated carbocycles. The molecule has 0 saturated heterocycles. The Kier molecular flexibility index (Phi) is 5.81. The Morgan fingerprint density at radius 1 is 1.13 bits per heavy atom. The summed E-state index contributed by atoms with van der Waals surface area (Å²) in [5.41, 5.74) is 0.989. The molecule has 1 aromatic rings. The monoisotopic (exact) mass is 338 g/mol. The van der Waals surface area contributed by atoms with Crippen molar-refractivity contribution >= 4 is 15.9 Å². The summed E-state index contributed by atoms with van der Waals surface area (Å²) in [4.78, 5) is 12.6. The second-order valence-corrected chi connectivity index (χ2v) is 8.36. The van der Waals surface area contributed by atoms with Gasteiger partial charge in [-0.25, -0.2) is 8.42 Å². The van der Waals surface area contributed by atoms with Crippen molar-refractivity contribution in [2.75, 3.05) is 0 Å². The number of benzene rings is 1. The standard InChI is InChI=1S/C17H26N2O3S/c1-12(2)16(17(20)18-14-6-4-5-7-14)19-23(21,22)15-10-8-13(3)9-11-15/h8-12,14,16,19H,4-7H2,1-3H3,(H,18,20). The summed E-state index contributed by atoms with van der Waals surface area (Å²) >= 11 is 0. The van der Waals surface area contributed by atoms with E-state index < -0.39 is 16.1 Å². The normalized spacial score (nSPS) is 17.4. The third-order valence-corrected chi connectivity index (χ3v) is 5.72. The highest BCUT2D eigenvalue weighted by molar-refractivity contribution is 7.89. The van der Waals surface area contributed by atoms with Crippen LogP contribution in [-0.2, 0) is 14.8 Å². The second-order valence-electron chi connectivity index (χ2n) is 6.65. The van der Waals surface area contributed by atoms with Gasteiger partial charge >= 0.3 is 0 Å². The van der Waals surface area contributed by atoms with Gasteiger partial charge in [-0.3, -0.25) is 4.79 Å². The van der Waals surface area contributed by atoms with Crippen molar-refractivity contribution in [1.29, 1.82) is 0 Å². The van der Waals surface area contributed by atoms with Gasteiger partial charge in [0.1, 0.15) is 6.04 Å². The van der Waals surface area contributed by atoms with E-state index in [1.54, 1.807) is 24.3 Å². The average Bonchev–Trinajstić information content (AvgIpc) is 2.98. The second kappa shape index (κ2) is 7.45. The van der Waals surface area contributed by atoms with Gasteiger partial charge in [0.05, 0.1) is 4.90 Å². The summed E-state index contributed by atoms with van der Waals surface area (Å²) < 4.78 is 27.6. The molecule has 0 aliphatic heterocycles. The van der Waals surface area contributed by atoms with Gasteiger partial charge in [0.2, 0.25) is 15.9 Å². The van der Waals surface area contributed by atoms with Crippen LogP contribution in [0.2, 0.25) is 0 Å². The minimum absolute atomic E-state index is 0.128. The summed E-state index contributed by atoms with van der Waals surface area (Å²) in [6.45, 7) is 5.59. The van der Waals surface area contributed by atoms with E-state index >= 15 is 0 Å². The first-order chi connectivity index (χ1) is 10.8. The predicted octanol–water partition coefficient (Wildman–Crippen LogP) is 2.36. The van der Waals surface area contributed by atoms with Gasteiger partial charge in [0.25, 0.3) is 0 Å². The molecule has 0 radical (unpaired) electrons. The molecular weight excluding hydrogens is 312 g/mol. The maximum absolute atomic E-state index is 12.5. The molecule has 1 aliphatic carbocycles. The van der Waals surface area contributed by atoms with Gasteiger partial charge in [-0.2, -0.15) is 4.72 Å². The summed E-state index contributed by atoms with van der Waals surface area (Å²) in [5.74, 6) is -0.362. The van der Waals surface area contributed by atoms with Crippen LogP contribution in [0.3, 0.4) is 0 Å². The van der Waals surface area contributed by atoms with Gasteiger partial charge in [0.15, 0.2) is 0 Å². The molecular formula is C17H26N2O3S. The lowest BCUT2D eigenvalue weighted by molar-refractivity contribution is -0.124. The van der Waals surface area contributed by atoms with E-state index in [1.165, 1.54) is 0 Å². The molecule has 1 fully saturated rings. The summed E-state index contributed by atoms with van der Waals surface area (Å²) in [6, 6.07) is 6.03. The zero-order valence-corrected chi connectivity index (χ0v) is 14.8. The summed E-state index contributed by atoms with van der Waals surface area (Å²) in [5, 5.41) is 2.98. The Balaban J connectivity index is 2.11. The van der Waals surface area contributed by atoms with Crippen molar-refractivity contribution in [1.82, 2.24) is 10.0 Å². The van der Waals surface area contributed by atoms with E-state index in [1.807, 2.05) is 20.8 Å². The van der Waals surface area contributed by atoms with E-state index in [0.29, 0.717) is 0 Å². The first-order valence-corrected chi connectivity index (χ1v) is 9.67. The van der Waals surface area contributed by atoms with Crippen molar-refractivity contribution in [2.45, 2.75) is 63.4 Å². The van der Waals surface area contributed by atoms with E-state index in [-0.39, 0.29) is 22.8 Å².